The molecule has 1 aliphatic rings. The van der Waals surface area contributed by atoms with Crippen LogP contribution < -0.4 is 20.5 Å². The van der Waals surface area contributed by atoms with Crippen molar-refractivity contribution < 1.29 is 38.8 Å². The summed E-state index contributed by atoms with van der Waals surface area (Å²) in [6, 6.07) is 15.8. The minimum atomic E-state index is -2.63. The highest BCUT2D eigenvalue weighted by atomic mass is 16.6. The molecular formula is C26H21N5O10. The number of Topliss-reactive ketones (excluding diaryl/α,β-unsaturated/α-hetero) is 1. The summed E-state index contributed by atoms with van der Waals surface area (Å²) in [5, 5.41) is 34.2. The Bertz CT molecular complexity index is 1590. The van der Waals surface area contributed by atoms with Crippen LogP contribution in [-0.2, 0) is 19.1 Å². The number of rotatable bonds is 9. The number of hydrazine groups is 1. The molecule has 3 N–H and O–H groups in total. The van der Waals surface area contributed by atoms with Crippen LogP contribution >= 0.6 is 0 Å². The third kappa shape index (κ3) is 4.87. The van der Waals surface area contributed by atoms with E-state index >= 15 is 0 Å². The number of carbonyl (C=O) groups is 3. The Labute approximate surface area is 230 Å². The number of anilines is 2. The Balaban J connectivity index is 1.97. The van der Waals surface area contributed by atoms with Crippen molar-refractivity contribution in [1.29, 1.82) is 0 Å². The molecule has 0 saturated carbocycles. The number of aliphatic hydroxyl groups excluding tert-OH is 1. The lowest BCUT2D eigenvalue weighted by Crippen LogP contribution is -2.65. The molecule has 41 heavy (non-hydrogen) atoms. The van der Waals surface area contributed by atoms with Crippen LogP contribution in [0.5, 0.6) is 5.75 Å². The van der Waals surface area contributed by atoms with E-state index in [9.17, 15) is 39.7 Å². The number of aliphatic hydroxyl groups is 1. The standard InChI is InChI=1S/C26H21N5O10/c1-40-18-11-8-16(9-12-18)29-24(34)23(33)21(22(32)15-6-4-3-5-7-15)26(29,25(35)41-2)28-27-19-13-10-17(30(36)37)14-20(19)31(38)39/h3-14,27-28,32H,1-2H3/b22-21-. The van der Waals surface area contributed by atoms with Gasteiger partial charge in [-0.2, -0.15) is 5.43 Å². The van der Waals surface area contributed by atoms with Crippen molar-refractivity contribution >= 4 is 46.2 Å². The maximum Gasteiger partial charge on any atom is 0.354 e. The number of hydrogen-bond acceptors (Lipinski definition) is 12. The number of amides is 1. The average molecular weight is 563 g/mol. The number of nitrogens with one attached hydrogen (secondary N) is 2. The van der Waals surface area contributed by atoms with Crippen molar-refractivity contribution in [3.63, 3.8) is 0 Å². The molecule has 1 fully saturated rings. The number of esters is 1. The lowest BCUT2D eigenvalue weighted by atomic mass is 9.95. The molecule has 0 aromatic heterocycles. The van der Waals surface area contributed by atoms with E-state index in [4.69, 9.17) is 9.47 Å². The average Bonchev–Trinajstić information content (AvgIpc) is 3.21. The summed E-state index contributed by atoms with van der Waals surface area (Å²) in [6.45, 7) is 0. The van der Waals surface area contributed by atoms with Gasteiger partial charge in [-0.05, 0) is 30.3 Å². The predicted molar refractivity (Wildman–Crippen MR) is 143 cm³/mol. The normalized spacial score (nSPS) is 17.7. The number of hydrogen-bond donors (Lipinski definition) is 3. The molecule has 1 atom stereocenters. The van der Waals surface area contributed by atoms with E-state index in [1.54, 1.807) is 18.2 Å². The minimum absolute atomic E-state index is 0.0158. The molecule has 0 aliphatic carbocycles. The SMILES string of the molecule is COC(=O)C1(NNc2ccc([N+](=O)[O-])cc2[N+](=O)[O-])/C(=C(\O)c2ccccc2)C(=O)C(=O)N1c1ccc(OC)cc1. The van der Waals surface area contributed by atoms with Gasteiger partial charge in [-0.25, -0.2) is 4.79 Å². The van der Waals surface area contributed by atoms with Crippen molar-refractivity contribution in [3.05, 3.63) is 104 Å². The summed E-state index contributed by atoms with van der Waals surface area (Å²) in [5.74, 6) is -4.16. The lowest BCUT2D eigenvalue weighted by Gasteiger charge is -2.36. The number of ether oxygens (including phenoxy) is 2. The third-order valence-electron chi connectivity index (χ3n) is 6.18. The number of nitro groups is 2. The van der Waals surface area contributed by atoms with Crippen LogP contribution in [0.1, 0.15) is 5.56 Å². The van der Waals surface area contributed by atoms with Crippen LogP contribution in [0.4, 0.5) is 22.7 Å². The van der Waals surface area contributed by atoms with Crippen LogP contribution in [0.2, 0.25) is 0 Å². The topological polar surface area (TPSA) is 203 Å². The first-order chi connectivity index (χ1) is 19.6. The third-order valence-corrected chi connectivity index (χ3v) is 6.18. The quantitative estimate of drug-likeness (QED) is 0.0859. The zero-order chi connectivity index (χ0) is 29.9. The van der Waals surface area contributed by atoms with Gasteiger partial charge in [-0.3, -0.25) is 34.7 Å². The number of carbonyl (C=O) groups excluding carboxylic acids is 3. The summed E-state index contributed by atoms with van der Waals surface area (Å²) in [7, 11) is 2.37. The second-order valence-corrected chi connectivity index (χ2v) is 8.43. The van der Waals surface area contributed by atoms with E-state index < -0.39 is 55.9 Å². The Morgan fingerprint density at radius 3 is 2.17 bits per heavy atom. The molecule has 1 unspecified atom stereocenters. The second-order valence-electron chi connectivity index (χ2n) is 8.43. The number of methoxy groups -OCH3 is 2. The summed E-state index contributed by atoms with van der Waals surface area (Å²) in [4.78, 5) is 62.4. The van der Waals surface area contributed by atoms with E-state index in [0.717, 1.165) is 24.1 Å². The molecule has 0 radical (unpaired) electrons. The first-order valence-corrected chi connectivity index (χ1v) is 11.6. The smallest absolute Gasteiger partial charge is 0.354 e. The molecule has 1 heterocycles. The van der Waals surface area contributed by atoms with Gasteiger partial charge in [-0.1, -0.05) is 30.3 Å². The maximum absolute atomic E-state index is 13.6. The minimum Gasteiger partial charge on any atom is -0.507 e. The molecule has 210 valence electrons. The zero-order valence-electron chi connectivity index (χ0n) is 21.4. The fourth-order valence-corrected chi connectivity index (χ4v) is 4.26. The van der Waals surface area contributed by atoms with Gasteiger partial charge in [0.05, 0.1) is 30.1 Å². The molecule has 0 spiro atoms. The van der Waals surface area contributed by atoms with Crippen LogP contribution in [0.3, 0.4) is 0 Å². The van der Waals surface area contributed by atoms with Crippen molar-refractivity contribution in [2.75, 3.05) is 24.5 Å². The Hall–Kier alpha value is -5.83. The van der Waals surface area contributed by atoms with E-state index in [1.165, 1.54) is 43.5 Å². The molecule has 1 saturated heterocycles. The van der Waals surface area contributed by atoms with Gasteiger partial charge in [0, 0.05) is 17.3 Å². The van der Waals surface area contributed by atoms with Gasteiger partial charge in [0.1, 0.15) is 22.8 Å². The number of non-ortho nitro benzene ring substituents is 1. The van der Waals surface area contributed by atoms with Gasteiger partial charge < -0.3 is 20.0 Å². The van der Waals surface area contributed by atoms with Crippen molar-refractivity contribution in [2.45, 2.75) is 5.66 Å². The molecule has 15 heteroatoms. The highest BCUT2D eigenvalue weighted by Gasteiger charge is 2.63. The number of nitro benzene ring substituents is 2. The monoisotopic (exact) mass is 563 g/mol. The molecule has 3 aromatic carbocycles. The van der Waals surface area contributed by atoms with Gasteiger partial charge in [0.25, 0.3) is 11.5 Å². The summed E-state index contributed by atoms with van der Waals surface area (Å²) >= 11 is 0. The fraction of sp³-hybridized carbons (Fsp3) is 0.115. The lowest BCUT2D eigenvalue weighted by molar-refractivity contribution is -0.393. The van der Waals surface area contributed by atoms with Crippen LogP contribution in [0.15, 0.2) is 78.4 Å². The fourth-order valence-electron chi connectivity index (χ4n) is 4.26. The zero-order valence-corrected chi connectivity index (χ0v) is 21.4. The van der Waals surface area contributed by atoms with Crippen molar-refractivity contribution in [2.24, 2.45) is 0 Å². The maximum atomic E-state index is 13.6. The summed E-state index contributed by atoms with van der Waals surface area (Å²) < 4.78 is 10.1. The van der Waals surface area contributed by atoms with Crippen molar-refractivity contribution in [3.8, 4) is 5.75 Å². The molecule has 4 rings (SSSR count). The molecule has 0 bridgehead atoms. The van der Waals surface area contributed by atoms with E-state index in [2.05, 4.69) is 10.9 Å². The second kappa shape index (κ2) is 11.1. The van der Waals surface area contributed by atoms with Gasteiger partial charge in [-0.15, -0.1) is 0 Å². The van der Waals surface area contributed by atoms with Crippen LogP contribution in [-0.4, -0.2) is 52.5 Å². The Kier molecular flexibility index (Phi) is 7.64. The Morgan fingerprint density at radius 1 is 0.951 bits per heavy atom. The molecule has 3 aromatic rings. The summed E-state index contributed by atoms with van der Waals surface area (Å²) in [6.07, 6.45) is 0. The van der Waals surface area contributed by atoms with Gasteiger partial charge >= 0.3 is 17.6 Å². The molecular weight excluding hydrogens is 542 g/mol. The highest BCUT2D eigenvalue weighted by Crippen LogP contribution is 2.41. The largest absolute Gasteiger partial charge is 0.507 e. The first-order valence-electron chi connectivity index (χ1n) is 11.6. The first kappa shape index (κ1) is 28.2. The molecule has 15 nitrogen and oxygen atoms in total. The number of ketones is 1. The number of nitrogens with zero attached hydrogens (tertiary/aromatic N) is 3. The molecule has 1 amide bonds. The van der Waals surface area contributed by atoms with E-state index in [0.29, 0.717) is 11.8 Å². The predicted octanol–water partition coefficient (Wildman–Crippen LogP) is 2.88. The molecule has 1 aliphatic heterocycles. The highest BCUT2D eigenvalue weighted by molar-refractivity contribution is 6.54. The van der Waals surface area contributed by atoms with E-state index in [-0.39, 0.29) is 16.9 Å². The van der Waals surface area contributed by atoms with E-state index in [1.807, 2.05) is 0 Å². The number of benzene rings is 3. The van der Waals surface area contributed by atoms with Gasteiger partial charge in [0.2, 0.25) is 5.66 Å². The van der Waals surface area contributed by atoms with Crippen LogP contribution in [0.25, 0.3) is 5.76 Å². The van der Waals surface area contributed by atoms with Crippen LogP contribution in [0, 0.1) is 20.2 Å². The Morgan fingerprint density at radius 2 is 1.61 bits per heavy atom. The van der Waals surface area contributed by atoms with Gasteiger partial charge in [0.15, 0.2) is 0 Å². The van der Waals surface area contributed by atoms with Crippen molar-refractivity contribution in [1.82, 2.24) is 5.43 Å². The summed E-state index contributed by atoms with van der Waals surface area (Å²) in [5.41, 5.74) is -0.139.